The molecule has 2 aromatic heterocycles. The maximum atomic E-state index is 11.8. The van der Waals surface area contributed by atoms with Crippen LogP contribution in [0.2, 0.25) is 0 Å². The lowest BCUT2D eigenvalue weighted by Gasteiger charge is -2.11. The topological polar surface area (TPSA) is 80.8 Å². The summed E-state index contributed by atoms with van der Waals surface area (Å²) in [7, 11) is 0. The van der Waals surface area contributed by atoms with Crippen LogP contribution >= 0.6 is 0 Å². The SMILES string of the molecule is CCOC(=O)c1cnc(-c2ncc[nH]2)nc1C(C)C. The number of carbonyl (C=O) groups is 1. The highest BCUT2D eigenvalue weighted by molar-refractivity contribution is 5.90. The van der Waals surface area contributed by atoms with Gasteiger partial charge in [0.2, 0.25) is 0 Å². The molecule has 0 spiro atoms. The van der Waals surface area contributed by atoms with Gasteiger partial charge in [-0.05, 0) is 12.8 Å². The Morgan fingerprint density at radius 3 is 2.79 bits per heavy atom. The Hall–Kier alpha value is -2.24. The lowest BCUT2D eigenvalue weighted by Crippen LogP contribution is -2.12. The predicted octanol–water partition coefficient (Wildman–Crippen LogP) is 2.17. The molecule has 2 heterocycles. The largest absolute Gasteiger partial charge is 0.462 e. The molecule has 100 valence electrons. The lowest BCUT2D eigenvalue weighted by molar-refractivity contribution is 0.0523. The Bertz CT molecular complexity index is 564. The first-order valence-corrected chi connectivity index (χ1v) is 6.17. The molecule has 6 heteroatoms. The molecule has 19 heavy (non-hydrogen) atoms. The number of aromatic amines is 1. The average molecular weight is 260 g/mol. The third-order valence-corrected chi connectivity index (χ3v) is 2.57. The normalized spacial score (nSPS) is 10.7. The Morgan fingerprint density at radius 2 is 2.21 bits per heavy atom. The first-order valence-electron chi connectivity index (χ1n) is 6.17. The van der Waals surface area contributed by atoms with Gasteiger partial charge in [-0.25, -0.2) is 19.7 Å². The smallest absolute Gasteiger partial charge is 0.341 e. The summed E-state index contributed by atoms with van der Waals surface area (Å²) in [6.07, 6.45) is 4.83. The van der Waals surface area contributed by atoms with Crippen LogP contribution in [0.25, 0.3) is 11.6 Å². The molecule has 0 unspecified atom stereocenters. The van der Waals surface area contributed by atoms with Crippen molar-refractivity contribution in [3.05, 3.63) is 29.8 Å². The summed E-state index contributed by atoms with van der Waals surface area (Å²) in [6, 6.07) is 0. The molecular formula is C13H16N4O2. The van der Waals surface area contributed by atoms with Crippen LogP contribution in [0, 0.1) is 0 Å². The zero-order valence-electron chi connectivity index (χ0n) is 11.2. The monoisotopic (exact) mass is 260 g/mol. The van der Waals surface area contributed by atoms with Crippen LogP contribution in [-0.4, -0.2) is 32.5 Å². The van der Waals surface area contributed by atoms with Gasteiger partial charge in [-0.1, -0.05) is 13.8 Å². The van der Waals surface area contributed by atoms with Gasteiger partial charge in [0.05, 0.1) is 17.9 Å². The summed E-state index contributed by atoms with van der Waals surface area (Å²) in [5.41, 5.74) is 1.08. The minimum absolute atomic E-state index is 0.0936. The van der Waals surface area contributed by atoms with E-state index in [2.05, 4.69) is 19.9 Å². The number of nitrogens with zero attached hydrogens (tertiary/aromatic N) is 3. The molecule has 0 saturated heterocycles. The van der Waals surface area contributed by atoms with Crippen molar-refractivity contribution >= 4 is 5.97 Å². The summed E-state index contributed by atoms with van der Waals surface area (Å²) in [5, 5.41) is 0. The fraction of sp³-hybridized carbons (Fsp3) is 0.385. The quantitative estimate of drug-likeness (QED) is 0.852. The van der Waals surface area contributed by atoms with Crippen LogP contribution in [-0.2, 0) is 4.74 Å². The molecule has 0 radical (unpaired) electrons. The van der Waals surface area contributed by atoms with Crippen molar-refractivity contribution in [2.45, 2.75) is 26.7 Å². The zero-order valence-corrected chi connectivity index (χ0v) is 11.2. The van der Waals surface area contributed by atoms with Crippen molar-refractivity contribution in [2.24, 2.45) is 0 Å². The van der Waals surface area contributed by atoms with E-state index >= 15 is 0 Å². The first kappa shape index (κ1) is 13.2. The van der Waals surface area contributed by atoms with E-state index in [1.807, 2.05) is 13.8 Å². The van der Waals surface area contributed by atoms with Crippen molar-refractivity contribution in [3.63, 3.8) is 0 Å². The summed E-state index contributed by atoms with van der Waals surface area (Å²) in [4.78, 5) is 27.5. The van der Waals surface area contributed by atoms with Crippen LogP contribution in [0.5, 0.6) is 0 Å². The maximum Gasteiger partial charge on any atom is 0.341 e. The minimum Gasteiger partial charge on any atom is -0.462 e. The maximum absolute atomic E-state index is 11.8. The fourth-order valence-electron chi connectivity index (χ4n) is 1.70. The molecule has 2 rings (SSSR count). The molecule has 0 amide bonds. The molecule has 0 saturated carbocycles. The summed E-state index contributed by atoms with van der Waals surface area (Å²) in [6.45, 7) is 6.04. The molecule has 0 aliphatic rings. The molecule has 0 fully saturated rings. The Kier molecular flexibility index (Phi) is 3.89. The number of hydrogen-bond donors (Lipinski definition) is 1. The van der Waals surface area contributed by atoms with E-state index in [0.29, 0.717) is 29.5 Å². The number of imidazole rings is 1. The van der Waals surface area contributed by atoms with Crippen LogP contribution in [0.1, 0.15) is 42.7 Å². The fourth-order valence-corrected chi connectivity index (χ4v) is 1.70. The van der Waals surface area contributed by atoms with Crippen LogP contribution in [0.4, 0.5) is 0 Å². The van der Waals surface area contributed by atoms with Gasteiger partial charge in [-0.15, -0.1) is 0 Å². The Balaban J connectivity index is 2.44. The standard InChI is InChI=1S/C13H16N4O2/c1-4-19-13(18)9-7-16-12(11-14-5-6-15-11)17-10(9)8(2)3/h5-8H,4H2,1-3H3,(H,14,15). The summed E-state index contributed by atoms with van der Waals surface area (Å²) < 4.78 is 5.01. The third-order valence-electron chi connectivity index (χ3n) is 2.57. The van der Waals surface area contributed by atoms with Gasteiger partial charge in [0, 0.05) is 18.6 Å². The minimum atomic E-state index is -0.391. The van der Waals surface area contributed by atoms with Gasteiger partial charge in [0.25, 0.3) is 0 Å². The highest BCUT2D eigenvalue weighted by atomic mass is 16.5. The van der Waals surface area contributed by atoms with Gasteiger partial charge in [-0.2, -0.15) is 0 Å². The second-order valence-electron chi connectivity index (χ2n) is 4.31. The zero-order chi connectivity index (χ0) is 13.8. The highest BCUT2D eigenvalue weighted by Gasteiger charge is 2.19. The molecule has 6 nitrogen and oxygen atoms in total. The van der Waals surface area contributed by atoms with Gasteiger partial charge in [0.15, 0.2) is 11.6 Å². The predicted molar refractivity (Wildman–Crippen MR) is 69.7 cm³/mol. The summed E-state index contributed by atoms with van der Waals surface area (Å²) >= 11 is 0. The Labute approximate surface area is 111 Å². The first-order chi connectivity index (χ1) is 9.13. The number of rotatable bonds is 4. The number of aromatic nitrogens is 4. The van der Waals surface area contributed by atoms with Crippen molar-refractivity contribution in [2.75, 3.05) is 6.61 Å². The van der Waals surface area contributed by atoms with Crippen LogP contribution in [0.3, 0.4) is 0 Å². The molecule has 2 aromatic rings. The van der Waals surface area contributed by atoms with E-state index in [0.717, 1.165) is 0 Å². The number of nitrogens with one attached hydrogen (secondary N) is 1. The van der Waals surface area contributed by atoms with Crippen LogP contribution < -0.4 is 0 Å². The van der Waals surface area contributed by atoms with E-state index in [1.165, 1.54) is 6.20 Å². The molecule has 0 aliphatic carbocycles. The van der Waals surface area contributed by atoms with E-state index in [-0.39, 0.29) is 5.92 Å². The number of carbonyl (C=O) groups excluding carboxylic acids is 1. The van der Waals surface area contributed by atoms with E-state index in [1.54, 1.807) is 19.3 Å². The number of H-pyrrole nitrogens is 1. The second kappa shape index (κ2) is 5.60. The van der Waals surface area contributed by atoms with Crippen molar-refractivity contribution in [3.8, 4) is 11.6 Å². The molecule has 0 bridgehead atoms. The lowest BCUT2D eigenvalue weighted by atomic mass is 10.1. The highest BCUT2D eigenvalue weighted by Crippen LogP contribution is 2.20. The third kappa shape index (κ3) is 2.78. The summed E-state index contributed by atoms with van der Waals surface area (Å²) in [5.74, 6) is 0.757. The van der Waals surface area contributed by atoms with Gasteiger partial charge in [0.1, 0.15) is 0 Å². The molecule has 0 atom stereocenters. The van der Waals surface area contributed by atoms with Gasteiger partial charge < -0.3 is 9.72 Å². The molecular weight excluding hydrogens is 244 g/mol. The van der Waals surface area contributed by atoms with E-state index in [4.69, 9.17) is 4.74 Å². The number of esters is 1. The van der Waals surface area contributed by atoms with Crippen molar-refractivity contribution < 1.29 is 9.53 Å². The number of ether oxygens (including phenoxy) is 1. The van der Waals surface area contributed by atoms with Crippen molar-refractivity contribution in [1.29, 1.82) is 0 Å². The second-order valence-corrected chi connectivity index (χ2v) is 4.31. The molecule has 0 aromatic carbocycles. The van der Waals surface area contributed by atoms with Gasteiger partial charge >= 0.3 is 5.97 Å². The van der Waals surface area contributed by atoms with E-state index < -0.39 is 5.97 Å². The average Bonchev–Trinajstić information content (AvgIpc) is 2.92. The number of hydrogen-bond acceptors (Lipinski definition) is 5. The van der Waals surface area contributed by atoms with Gasteiger partial charge in [-0.3, -0.25) is 0 Å². The van der Waals surface area contributed by atoms with Crippen LogP contribution in [0.15, 0.2) is 18.6 Å². The Morgan fingerprint density at radius 1 is 1.42 bits per heavy atom. The van der Waals surface area contributed by atoms with E-state index in [9.17, 15) is 4.79 Å². The van der Waals surface area contributed by atoms with Crippen molar-refractivity contribution in [1.82, 2.24) is 19.9 Å². The molecule has 0 aliphatic heterocycles. The molecule has 1 N–H and O–H groups in total.